The third kappa shape index (κ3) is 3.83. The molecule has 1 amide bonds. The molecule has 2 aromatic carbocycles. The van der Waals surface area contributed by atoms with Crippen molar-refractivity contribution in [2.75, 3.05) is 10.6 Å². The van der Waals surface area contributed by atoms with Crippen LogP contribution in [0.3, 0.4) is 0 Å². The molecule has 7 heteroatoms. The zero-order valence-electron chi connectivity index (χ0n) is 14.0. The maximum atomic E-state index is 13.6. The number of amides is 1. The molecule has 132 valence electrons. The van der Waals surface area contributed by atoms with Gasteiger partial charge in [-0.3, -0.25) is 4.79 Å². The van der Waals surface area contributed by atoms with E-state index >= 15 is 0 Å². The molecular formula is C19H16F2N4O. The van der Waals surface area contributed by atoms with Crippen LogP contribution in [0.15, 0.2) is 54.6 Å². The van der Waals surface area contributed by atoms with Crippen LogP contribution in [0.1, 0.15) is 23.0 Å². The Balaban J connectivity index is 1.74. The minimum Gasteiger partial charge on any atom is -0.334 e. The molecule has 0 bridgehead atoms. The first-order chi connectivity index (χ1) is 12.6. The predicted molar refractivity (Wildman–Crippen MR) is 95.4 cm³/mol. The number of rotatable bonds is 5. The smallest absolute Gasteiger partial charge is 0.276 e. The van der Waals surface area contributed by atoms with Crippen LogP contribution in [-0.2, 0) is 6.42 Å². The van der Waals surface area contributed by atoms with Gasteiger partial charge in [0.2, 0.25) is 0 Å². The normalized spacial score (nSPS) is 10.4. The van der Waals surface area contributed by atoms with Gasteiger partial charge in [0.25, 0.3) is 5.91 Å². The molecule has 0 saturated heterocycles. The fourth-order valence-electron chi connectivity index (χ4n) is 2.40. The van der Waals surface area contributed by atoms with Crippen LogP contribution in [-0.4, -0.2) is 16.1 Å². The minimum absolute atomic E-state index is 0.0930. The topological polar surface area (TPSA) is 66.9 Å². The van der Waals surface area contributed by atoms with Gasteiger partial charge >= 0.3 is 0 Å². The standard InChI is InChI=1S/C19H16F2N4O/c1-2-12-6-3-4-9-15(12)22-19(26)16-10-11-17(25-24-16)23-18-13(20)7-5-8-14(18)21/h3-11H,2H2,1H3,(H,22,26)(H,23,25). The van der Waals surface area contributed by atoms with Gasteiger partial charge in [-0.15, -0.1) is 10.2 Å². The molecule has 0 fully saturated rings. The molecule has 0 aliphatic rings. The van der Waals surface area contributed by atoms with Gasteiger partial charge < -0.3 is 10.6 Å². The maximum absolute atomic E-state index is 13.6. The van der Waals surface area contributed by atoms with Crippen LogP contribution in [0.25, 0.3) is 0 Å². The molecule has 0 unspecified atom stereocenters. The monoisotopic (exact) mass is 354 g/mol. The lowest BCUT2D eigenvalue weighted by Gasteiger charge is -2.10. The number of aromatic nitrogens is 2. The summed E-state index contributed by atoms with van der Waals surface area (Å²) in [4.78, 5) is 12.3. The number of nitrogens with one attached hydrogen (secondary N) is 2. The van der Waals surface area contributed by atoms with Crippen molar-refractivity contribution in [1.29, 1.82) is 0 Å². The number of nitrogens with zero attached hydrogens (tertiary/aromatic N) is 2. The van der Waals surface area contributed by atoms with E-state index in [0.29, 0.717) is 5.69 Å². The predicted octanol–water partition coefficient (Wildman–Crippen LogP) is 4.31. The van der Waals surface area contributed by atoms with E-state index in [4.69, 9.17) is 0 Å². The number of hydrogen-bond donors (Lipinski definition) is 2. The second kappa shape index (κ2) is 7.69. The number of aryl methyl sites for hydroxylation is 1. The van der Waals surface area contributed by atoms with E-state index in [2.05, 4.69) is 20.8 Å². The first-order valence-electron chi connectivity index (χ1n) is 8.02. The summed E-state index contributed by atoms with van der Waals surface area (Å²) >= 11 is 0. The van der Waals surface area contributed by atoms with E-state index in [1.54, 1.807) is 6.07 Å². The SMILES string of the molecule is CCc1ccccc1NC(=O)c1ccc(Nc2c(F)cccc2F)nn1. The molecule has 0 radical (unpaired) electrons. The third-order valence-corrected chi connectivity index (χ3v) is 3.76. The van der Waals surface area contributed by atoms with E-state index < -0.39 is 17.5 Å². The number of anilines is 3. The van der Waals surface area contributed by atoms with Gasteiger partial charge in [-0.25, -0.2) is 8.78 Å². The molecule has 3 rings (SSSR count). The van der Waals surface area contributed by atoms with Crippen molar-refractivity contribution in [2.45, 2.75) is 13.3 Å². The van der Waals surface area contributed by atoms with Gasteiger partial charge in [0.1, 0.15) is 17.3 Å². The number of para-hydroxylation sites is 2. The summed E-state index contributed by atoms with van der Waals surface area (Å²) in [5, 5.41) is 12.9. The molecule has 1 heterocycles. The largest absolute Gasteiger partial charge is 0.334 e. The van der Waals surface area contributed by atoms with Crippen molar-refractivity contribution in [2.24, 2.45) is 0 Å². The van der Waals surface area contributed by atoms with Crippen LogP contribution < -0.4 is 10.6 Å². The summed E-state index contributed by atoms with van der Waals surface area (Å²) in [6.45, 7) is 1.99. The lowest BCUT2D eigenvalue weighted by Crippen LogP contribution is -2.15. The number of carbonyl (C=O) groups is 1. The molecular weight excluding hydrogens is 338 g/mol. The van der Waals surface area contributed by atoms with E-state index in [9.17, 15) is 13.6 Å². The molecule has 1 aromatic heterocycles. The van der Waals surface area contributed by atoms with E-state index in [1.807, 2.05) is 25.1 Å². The molecule has 0 atom stereocenters. The summed E-state index contributed by atoms with van der Waals surface area (Å²) in [6, 6.07) is 13.9. The highest BCUT2D eigenvalue weighted by molar-refractivity contribution is 6.03. The Morgan fingerprint density at radius 2 is 1.69 bits per heavy atom. The van der Waals surface area contributed by atoms with Crippen molar-refractivity contribution in [3.63, 3.8) is 0 Å². The van der Waals surface area contributed by atoms with Gasteiger partial charge in [0.15, 0.2) is 11.5 Å². The first kappa shape index (κ1) is 17.5. The summed E-state index contributed by atoms with van der Waals surface area (Å²) in [5.41, 5.74) is 1.48. The van der Waals surface area contributed by atoms with Crippen molar-refractivity contribution in [3.05, 3.63) is 77.5 Å². The van der Waals surface area contributed by atoms with Crippen molar-refractivity contribution < 1.29 is 13.6 Å². The summed E-state index contributed by atoms with van der Waals surface area (Å²) in [6.07, 6.45) is 0.777. The van der Waals surface area contributed by atoms with Gasteiger partial charge in [-0.1, -0.05) is 31.2 Å². The number of benzene rings is 2. The Morgan fingerprint density at radius 3 is 2.35 bits per heavy atom. The summed E-state index contributed by atoms with van der Waals surface area (Å²) in [5.74, 6) is -1.78. The average Bonchev–Trinajstić information content (AvgIpc) is 2.66. The molecule has 3 aromatic rings. The van der Waals surface area contributed by atoms with Crippen molar-refractivity contribution in [1.82, 2.24) is 10.2 Å². The number of hydrogen-bond acceptors (Lipinski definition) is 4. The van der Waals surface area contributed by atoms with Gasteiger partial charge in [-0.2, -0.15) is 0 Å². The Kier molecular flexibility index (Phi) is 5.17. The summed E-state index contributed by atoms with van der Waals surface area (Å²) in [7, 11) is 0. The average molecular weight is 354 g/mol. The van der Waals surface area contributed by atoms with Gasteiger partial charge in [0.05, 0.1) is 0 Å². The maximum Gasteiger partial charge on any atom is 0.276 e. The third-order valence-electron chi connectivity index (χ3n) is 3.76. The zero-order chi connectivity index (χ0) is 18.5. The summed E-state index contributed by atoms with van der Waals surface area (Å²) < 4.78 is 27.3. The zero-order valence-corrected chi connectivity index (χ0v) is 14.0. The molecule has 0 saturated carbocycles. The molecule has 26 heavy (non-hydrogen) atoms. The lowest BCUT2D eigenvalue weighted by atomic mass is 10.1. The minimum atomic E-state index is -0.746. The Hall–Kier alpha value is -3.35. The second-order valence-corrected chi connectivity index (χ2v) is 5.49. The van der Waals surface area contributed by atoms with Gasteiger partial charge in [0, 0.05) is 5.69 Å². The number of carbonyl (C=O) groups excluding carboxylic acids is 1. The molecule has 0 aliphatic heterocycles. The lowest BCUT2D eigenvalue weighted by molar-refractivity contribution is 0.102. The van der Waals surface area contributed by atoms with E-state index in [0.717, 1.165) is 24.1 Å². The van der Waals surface area contributed by atoms with Crippen LogP contribution >= 0.6 is 0 Å². The van der Waals surface area contributed by atoms with E-state index in [1.165, 1.54) is 18.2 Å². The molecule has 2 N–H and O–H groups in total. The Bertz CT molecular complexity index is 909. The van der Waals surface area contributed by atoms with Crippen LogP contribution in [0.2, 0.25) is 0 Å². The van der Waals surface area contributed by atoms with Crippen LogP contribution in [0.5, 0.6) is 0 Å². The van der Waals surface area contributed by atoms with Crippen molar-refractivity contribution in [3.8, 4) is 0 Å². The second-order valence-electron chi connectivity index (χ2n) is 5.49. The number of halogens is 2. The highest BCUT2D eigenvalue weighted by Crippen LogP contribution is 2.22. The molecule has 0 aliphatic carbocycles. The Morgan fingerprint density at radius 1 is 0.962 bits per heavy atom. The highest BCUT2D eigenvalue weighted by Gasteiger charge is 2.12. The van der Waals surface area contributed by atoms with E-state index in [-0.39, 0.29) is 17.2 Å². The fraction of sp³-hybridized carbons (Fsp3) is 0.105. The highest BCUT2D eigenvalue weighted by atomic mass is 19.1. The quantitative estimate of drug-likeness (QED) is 0.716. The van der Waals surface area contributed by atoms with Crippen LogP contribution in [0.4, 0.5) is 26.0 Å². The Labute approximate surface area is 149 Å². The van der Waals surface area contributed by atoms with Gasteiger partial charge in [-0.05, 0) is 42.3 Å². The molecule has 5 nitrogen and oxygen atoms in total. The van der Waals surface area contributed by atoms with Crippen molar-refractivity contribution >= 4 is 23.1 Å². The fourth-order valence-corrected chi connectivity index (χ4v) is 2.40. The van der Waals surface area contributed by atoms with Crippen LogP contribution in [0, 0.1) is 11.6 Å². The molecule has 0 spiro atoms. The first-order valence-corrected chi connectivity index (χ1v) is 8.02.